The molecule has 1 fully saturated rings. The Balaban J connectivity index is 1.82. The van der Waals surface area contributed by atoms with E-state index < -0.39 is 0 Å². The molecule has 16 heavy (non-hydrogen) atoms. The molecule has 0 atom stereocenters. The highest BCUT2D eigenvalue weighted by Crippen LogP contribution is 2.24. The number of aromatic nitrogens is 2. The molecule has 88 valence electrons. The number of guanidine groups is 1. The van der Waals surface area contributed by atoms with E-state index in [2.05, 4.69) is 19.4 Å². The molecule has 0 bridgehead atoms. The minimum atomic E-state index is 0.624. The maximum atomic E-state index is 5.89. The Morgan fingerprint density at radius 3 is 3.00 bits per heavy atom. The second-order valence-corrected chi connectivity index (χ2v) is 4.25. The summed E-state index contributed by atoms with van der Waals surface area (Å²) in [7, 11) is 2.01. The van der Waals surface area contributed by atoms with E-state index in [1.54, 1.807) is 6.20 Å². The number of nitrogens with two attached hydrogens (primary N) is 1. The van der Waals surface area contributed by atoms with Crippen molar-refractivity contribution in [2.75, 3.05) is 13.6 Å². The van der Waals surface area contributed by atoms with Gasteiger partial charge < -0.3 is 15.2 Å². The van der Waals surface area contributed by atoms with Gasteiger partial charge in [0.1, 0.15) is 5.82 Å². The fourth-order valence-electron chi connectivity index (χ4n) is 1.67. The maximum absolute atomic E-state index is 5.89. The molecule has 1 saturated carbocycles. The molecule has 1 aliphatic rings. The van der Waals surface area contributed by atoms with Crippen LogP contribution in [0, 0.1) is 6.92 Å². The van der Waals surface area contributed by atoms with Crippen LogP contribution in [-0.2, 0) is 6.54 Å². The van der Waals surface area contributed by atoms with Gasteiger partial charge in [0.25, 0.3) is 0 Å². The predicted molar refractivity (Wildman–Crippen MR) is 64.2 cm³/mol. The molecule has 0 radical (unpaired) electrons. The van der Waals surface area contributed by atoms with Crippen molar-refractivity contribution in [3.63, 3.8) is 0 Å². The van der Waals surface area contributed by atoms with Crippen molar-refractivity contribution in [1.29, 1.82) is 0 Å². The maximum Gasteiger partial charge on any atom is 0.191 e. The first-order chi connectivity index (χ1) is 7.68. The van der Waals surface area contributed by atoms with E-state index in [0.29, 0.717) is 18.5 Å². The number of rotatable bonds is 4. The fraction of sp³-hybridized carbons (Fsp3) is 0.636. The van der Waals surface area contributed by atoms with Gasteiger partial charge in [0.05, 0.1) is 6.54 Å². The first-order valence-electron chi connectivity index (χ1n) is 5.69. The van der Waals surface area contributed by atoms with E-state index >= 15 is 0 Å². The zero-order chi connectivity index (χ0) is 11.5. The predicted octanol–water partition coefficient (Wildman–Crippen LogP) is 0.600. The number of imidazole rings is 1. The first kappa shape index (κ1) is 11.0. The highest BCUT2D eigenvalue weighted by atomic mass is 15.3. The van der Waals surface area contributed by atoms with Crippen LogP contribution < -0.4 is 5.73 Å². The lowest BCUT2D eigenvalue weighted by molar-refractivity contribution is 0.486. The van der Waals surface area contributed by atoms with Crippen LogP contribution in [0.3, 0.4) is 0 Å². The van der Waals surface area contributed by atoms with Crippen molar-refractivity contribution < 1.29 is 0 Å². The molecular formula is C11H19N5. The Hall–Kier alpha value is -1.52. The summed E-state index contributed by atoms with van der Waals surface area (Å²) in [4.78, 5) is 10.6. The average Bonchev–Trinajstić information content (AvgIpc) is 3.03. The van der Waals surface area contributed by atoms with Crippen LogP contribution in [0.15, 0.2) is 17.4 Å². The number of aliphatic imine (C=N–C) groups is 1. The number of nitrogens with zero attached hydrogens (tertiary/aromatic N) is 4. The molecule has 1 heterocycles. The minimum Gasteiger partial charge on any atom is -0.370 e. The molecule has 0 amide bonds. The second kappa shape index (κ2) is 4.55. The highest BCUT2D eigenvalue weighted by molar-refractivity contribution is 5.78. The molecule has 5 heteroatoms. The molecule has 0 aliphatic heterocycles. The van der Waals surface area contributed by atoms with Gasteiger partial charge in [-0.1, -0.05) is 0 Å². The van der Waals surface area contributed by atoms with Gasteiger partial charge in [0, 0.05) is 32.0 Å². The largest absolute Gasteiger partial charge is 0.370 e. The van der Waals surface area contributed by atoms with Crippen molar-refractivity contribution in [2.24, 2.45) is 10.7 Å². The van der Waals surface area contributed by atoms with Gasteiger partial charge in [-0.15, -0.1) is 0 Å². The summed E-state index contributed by atoms with van der Waals surface area (Å²) in [5, 5.41) is 0. The molecule has 2 N–H and O–H groups in total. The van der Waals surface area contributed by atoms with Gasteiger partial charge in [0.15, 0.2) is 5.96 Å². The van der Waals surface area contributed by atoms with E-state index in [1.165, 1.54) is 12.8 Å². The van der Waals surface area contributed by atoms with Gasteiger partial charge in [-0.2, -0.15) is 0 Å². The summed E-state index contributed by atoms with van der Waals surface area (Å²) >= 11 is 0. The lowest BCUT2D eigenvalue weighted by Gasteiger charge is -2.16. The van der Waals surface area contributed by atoms with E-state index in [0.717, 1.165) is 12.4 Å². The Morgan fingerprint density at radius 2 is 2.44 bits per heavy atom. The van der Waals surface area contributed by atoms with Gasteiger partial charge >= 0.3 is 0 Å². The average molecular weight is 221 g/mol. The minimum absolute atomic E-state index is 0.624. The fourth-order valence-corrected chi connectivity index (χ4v) is 1.67. The first-order valence-corrected chi connectivity index (χ1v) is 5.69. The monoisotopic (exact) mass is 221 g/mol. The summed E-state index contributed by atoms with van der Waals surface area (Å²) < 4.78 is 2.08. The van der Waals surface area contributed by atoms with Crippen molar-refractivity contribution in [3.8, 4) is 0 Å². The van der Waals surface area contributed by atoms with Crippen LogP contribution in [0.5, 0.6) is 0 Å². The smallest absolute Gasteiger partial charge is 0.191 e. The van der Waals surface area contributed by atoms with Crippen LogP contribution in [0.4, 0.5) is 0 Å². The van der Waals surface area contributed by atoms with Crippen LogP contribution in [0.1, 0.15) is 18.7 Å². The quantitative estimate of drug-likeness (QED) is 0.598. The third kappa shape index (κ3) is 2.53. The topological polar surface area (TPSA) is 59.4 Å². The molecule has 5 nitrogen and oxygen atoms in total. The number of hydrogen-bond acceptors (Lipinski definition) is 2. The molecule has 0 unspecified atom stereocenters. The zero-order valence-corrected chi connectivity index (χ0v) is 9.93. The SMILES string of the molecule is Cc1nccn1CCN=C(N)N(C)C1CC1. The van der Waals surface area contributed by atoms with Crippen molar-refractivity contribution >= 4 is 5.96 Å². The molecule has 2 rings (SSSR count). The Morgan fingerprint density at radius 1 is 1.69 bits per heavy atom. The third-order valence-corrected chi connectivity index (χ3v) is 2.99. The highest BCUT2D eigenvalue weighted by Gasteiger charge is 2.27. The summed E-state index contributed by atoms with van der Waals surface area (Å²) in [5.41, 5.74) is 5.89. The summed E-state index contributed by atoms with van der Waals surface area (Å²) in [5.74, 6) is 1.67. The number of aryl methyl sites for hydroxylation is 1. The summed E-state index contributed by atoms with van der Waals surface area (Å²) in [6, 6.07) is 0.624. The Kier molecular flexibility index (Phi) is 3.12. The van der Waals surface area contributed by atoms with Gasteiger partial charge in [-0.3, -0.25) is 4.99 Å². The summed E-state index contributed by atoms with van der Waals surface area (Å²) in [6.45, 7) is 3.54. The van der Waals surface area contributed by atoms with Gasteiger partial charge in [-0.25, -0.2) is 4.98 Å². The van der Waals surface area contributed by atoms with Crippen molar-refractivity contribution in [2.45, 2.75) is 32.4 Å². The molecule has 0 spiro atoms. The molecule has 0 saturated heterocycles. The van der Waals surface area contributed by atoms with E-state index in [9.17, 15) is 0 Å². The van der Waals surface area contributed by atoms with E-state index in [4.69, 9.17) is 5.73 Å². The molecule has 0 aromatic carbocycles. The van der Waals surface area contributed by atoms with Gasteiger partial charge in [-0.05, 0) is 19.8 Å². The summed E-state index contributed by atoms with van der Waals surface area (Å²) in [6.07, 6.45) is 6.26. The van der Waals surface area contributed by atoms with E-state index in [1.807, 2.05) is 20.2 Å². The van der Waals surface area contributed by atoms with Crippen LogP contribution in [0.25, 0.3) is 0 Å². The lowest BCUT2D eigenvalue weighted by atomic mass is 10.5. The Labute approximate surface area is 96.0 Å². The second-order valence-electron chi connectivity index (χ2n) is 4.25. The van der Waals surface area contributed by atoms with Crippen LogP contribution >= 0.6 is 0 Å². The van der Waals surface area contributed by atoms with Crippen LogP contribution in [0.2, 0.25) is 0 Å². The molecular weight excluding hydrogens is 202 g/mol. The third-order valence-electron chi connectivity index (χ3n) is 2.99. The standard InChI is InChI=1S/C11H19N5/c1-9-13-5-7-16(9)8-6-14-11(12)15(2)10-3-4-10/h5,7,10H,3-4,6,8H2,1-2H3,(H2,12,14). The van der Waals surface area contributed by atoms with Crippen molar-refractivity contribution in [3.05, 3.63) is 18.2 Å². The lowest BCUT2D eigenvalue weighted by Crippen LogP contribution is -2.35. The normalized spacial score (nSPS) is 16.5. The zero-order valence-electron chi connectivity index (χ0n) is 9.93. The van der Waals surface area contributed by atoms with Crippen molar-refractivity contribution in [1.82, 2.24) is 14.5 Å². The molecule has 1 aromatic heterocycles. The van der Waals surface area contributed by atoms with Crippen LogP contribution in [-0.4, -0.2) is 40.0 Å². The molecule has 1 aromatic rings. The number of hydrogen-bond donors (Lipinski definition) is 1. The van der Waals surface area contributed by atoms with E-state index in [-0.39, 0.29) is 0 Å². The Bertz CT molecular complexity index is 377. The van der Waals surface area contributed by atoms with Gasteiger partial charge in [0.2, 0.25) is 0 Å². The molecule has 1 aliphatic carbocycles.